The van der Waals surface area contributed by atoms with E-state index in [-0.39, 0.29) is 17.7 Å². The van der Waals surface area contributed by atoms with Gasteiger partial charge in [-0.1, -0.05) is 0 Å². The Kier molecular flexibility index (Phi) is 8.82. The Morgan fingerprint density at radius 1 is 1.15 bits per heavy atom. The Hall–Kier alpha value is -1.85. The van der Waals surface area contributed by atoms with Crippen molar-refractivity contribution in [1.29, 1.82) is 0 Å². The first-order chi connectivity index (χ1) is 12.2. The van der Waals surface area contributed by atoms with Crippen LogP contribution in [0, 0.1) is 0 Å². The van der Waals surface area contributed by atoms with Crippen LogP contribution in [0.2, 0.25) is 0 Å². The molecule has 6 N–H and O–H groups in total. The third-order valence-corrected chi connectivity index (χ3v) is 4.35. The molecule has 1 saturated heterocycles. The zero-order valence-corrected chi connectivity index (χ0v) is 15.6. The molecule has 0 bridgehead atoms. The van der Waals surface area contributed by atoms with Crippen LogP contribution in [0.25, 0.3) is 0 Å². The van der Waals surface area contributed by atoms with Gasteiger partial charge in [0.05, 0.1) is 12.1 Å². The minimum atomic E-state index is -1.37. The predicted octanol–water partition coefficient (Wildman–Crippen LogP) is -2.39. The molecule has 1 heterocycles. The van der Waals surface area contributed by atoms with E-state index in [0.717, 1.165) is 13.0 Å². The molecular formula is C15H26N4O6S. The van der Waals surface area contributed by atoms with Gasteiger partial charge in [-0.25, -0.2) is 0 Å². The standard InChI is InChI=1S/C15H26N4O6S/c1-7(15(24)25)17-14(23)11(8(2)20)19-13(22)10(6-26)18-12(21)9-4-3-5-16-9/h7-11,16,20,26H,3-6H2,1-2H3,(H,17,23)(H,18,21)(H,19,22)(H,24,25). The molecule has 5 unspecified atom stereocenters. The summed E-state index contributed by atoms with van der Waals surface area (Å²) < 4.78 is 0. The van der Waals surface area contributed by atoms with Gasteiger partial charge in [-0.15, -0.1) is 0 Å². The summed E-state index contributed by atoms with van der Waals surface area (Å²) in [6.45, 7) is 3.26. The number of carbonyl (C=O) groups is 4. The van der Waals surface area contributed by atoms with Crippen molar-refractivity contribution in [2.24, 2.45) is 0 Å². The molecule has 0 aromatic heterocycles. The van der Waals surface area contributed by atoms with Crippen molar-refractivity contribution in [3.63, 3.8) is 0 Å². The number of carboxylic acids is 1. The van der Waals surface area contributed by atoms with E-state index in [1.165, 1.54) is 13.8 Å². The molecule has 3 amide bonds. The van der Waals surface area contributed by atoms with E-state index in [1.807, 2.05) is 0 Å². The Morgan fingerprint density at radius 3 is 2.27 bits per heavy atom. The van der Waals surface area contributed by atoms with Crippen LogP contribution in [0.15, 0.2) is 0 Å². The van der Waals surface area contributed by atoms with Crippen LogP contribution < -0.4 is 21.3 Å². The normalized spacial score (nSPS) is 21.2. The molecule has 0 aromatic rings. The zero-order chi connectivity index (χ0) is 19.9. The van der Waals surface area contributed by atoms with Crippen molar-refractivity contribution < 1.29 is 29.4 Å². The third kappa shape index (κ3) is 6.46. The number of rotatable bonds is 9. The third-order valence-electron chi connectivity index (χ3n) is 3.98. The number of aliphatic hydroxyl groups excluding tert-OH is 1. The van der Waals surface area contributed by atoms with E-state index in [9.17, 15) is 24.3 Å². The van der Waals surface area contributed by atoms with Crippen LogP contribution in [0.4, 0.5) is 0 Å². The number of carboxylic acid groups (broad SMARTS) is 1. The Balaban J connectivity index is 2.69. The summed E-state index contributed by atoms with van der Waals surface area (Å²) in [5.41, 5.74) is 0. The van der Waals surface area contributed by atoms with Gasteiger partial charge < -0.3 is 31.5 Å². The van der Waals surface area contributed by atoms with Crippen LogP contribution in [-0.4, -0.2) is 76.5 Å². The Morgan fingerprint density at radius 2 is 1.81 bits per heavy atom. The summed E-state index contributed by atoms with van der Waals surface area (Å²) in [5, 5.41) is 28.7. The fourth-order valence-electron chi connectivity index (χ4n) is 2.40. The lowest BCUT2D eigenvalue weighted by molar-refractivity contribution is -0.142. The smallest absolute Gasteiger partial charge is 0.325 e. The van der Waals surface area contributed by atoms with Crippen molar-refractivity contribution in [3.8, 4) is 0 Å². The first-order valence-corrected chi connectivity index (χ1v) is 8.96. The lowest BCUT2D eigenvalue weighted by atomic mass is 10.1. The molecule has 10 nitrogen and oxygen atoms in total. The quantitative estimate of drug-likeness (QED) is 0.216. The number of amides is 3. The topological polar surface area (TPSA) is 157 Å². The molecule has 148 valence electrons. The molecule has 1 aliphatic rings. The fourth-order valence-corrected chi connectivity index (χ4v) is 2.66. The maximum Gasteiger partial charge on any atom is 0.325 e. The zero-order valence-electron chi connectivity index (χ0n) is 14.7. The largest absolute Gasteiger partial charge is 0.480 e. The SMILES string of the molecule is CC(NC(=O)C(NC(=O)C(CS)NC(=O)C1CCCN1)C(C)O)C(=O)O. The molecule has 0 aromatic carbocycles. The van der Waals surface area contributed by atoms with E-state index in [4.69, 9.17) is 5.11 Å². The van der Waals surface area contributed by atoms with Gasteiger partial charge in [-0.05, 0) is 33.2 Å². The van der Waals surface area contributed by atoms with Crippen LogP contribution >= 0.6 is 12.6 Å². The van der Waals surface area contributed by atoms with E-state index in [0.29, 0.717) is 6.42 Å². The molecule has 26 heavy (non-hydrogen) atoms. The summed E-state index contributed by atoms with van der Waals surface area (Å²) in [7, 11) is 0. The Labute approximate surface area is 156 Å². The molecule has 0 saturated carbocycles. The van der Waals surface area contributed by atoms with E-state index in [1.54, 1.807) is 0 Å². The van der Waals surface area contributed by atoms with Crippen molar-refractivity contribution >= 4 is 36.3 Å². The van der Waals surface area contributed by atoms with Crippen molar-refractivity contribution in [3.05, 3.63) is 0 Å². The minimum absolute atomic E-state index is 0.00995. The summed E-state index contributed by atoms with van der Waals surface area (Å²) in [6, 6.07) is -3.93. The van der Waals surface area contributed by atoms with Crippen LogP contribution in [-0.2, 0) is 19.2 Å². The molecule has 11 heteroatoms. The number of nitrogens with one attached hydrogen (secondary N) is 4. The van der Waals surface area contributed by atoms with E-state index in [2.05, 4.69) is 33.9 Å². The highest BCUT2D eigenvalue weighted by Gasteiger charge is 2.32. The number of hydrogen-bond acceptors (Lipinski definition) is 7. The number of aliphatic carboxylic acids is 1. The number of hydrogen-bond donors (Lipinski definition) is 7. The molecule has 0 aliphatic carbocycles. The highest BCUT2D eigenvalue weighted by molar-refractivity contribution is 7.80. The fraction of sp³-hybridized carbons (Fsp3) is 0.733. The van der Waals surface area contributed by atoms with Gasteiger partial charge in [0.15, 0.2) is 0 Å². The maximum atomic E-state index is 12.4. The second kappa shape index (κ2) is 10.3. The summed E-state index contributed by atoms with van der Waals surface area (Å²) in [5.74, 6) is -3.14. The molecule has 0 radical (unpaired) electrons. The van der Waals surface area contributed by atoms with Crippen molar-refractivity contribution in [2.75, 3.05) is 12.3 Å². The lowest BCUT2D eigenvalue weighted by Gasteiger charge is -2.25. The highest BCUT2D eigenvalue weighted by Crippen LogP contribution is 2.05. The molecular weight excluding hydrogens is 364 g/mol. The average Bonchev–Trinajstić information content (AvgIpc) is 3.11. The average molecular weight is 390 g/mol. The molecule has 1 aliphatic heterocycles. The second-order valence-corrected chi connectivity index (χ2v) is 6.55. The number of carbonyl (C=O) groups excluding carboxylic acids is 3. The van der Waals surface area contributed by atoms with Gasteiger partial charge in [0, 0.05) is 5.75 Å². The summed E-state index contributed by atoms with van der Waals surface area (Å²) in [6.07, 6.45) is 0.258. The van der Waals surface area contributed by atoms with Gasteiger partial charge >= 0.3 is 5.97 Å². The van der Waals surface area contributed by atoms with Crippen LogP contribution in [0.3, 0.4) is 0 Å². The first kappa shape index (κ1) is 22.2. The maximum absolute atomic E-state index is 12.4. The first-order valence-electron chi connectivity index (χ1n) is 8.33. The van der Waals surface area contributed by atoms with Crippen molar-refractivity contribution in [2.45, 2.75) is 57.0 Å². The molecule has 1 fully saturated rings. The van der Waals surface area contributed by atoms with Gasteiger partial charge in [0.1, 0.15) is 18.1 Å². The molecule has 0 spiro atoms. The van der Waals surface area contributed by atoms with Gasteiger partial charge in [-0.3, -0.25) is 19.2 Å². The number of thiol groups is 1. The predicted molar refractivity (Wildman–Crippen MR) is 95.7 cm³/mol. The van der Waals surface area contributed by atoms with Gasteiger partial charge in [0.2, 0.25) is 17.7 Å². The summed E-state index contributed by atoms with van der Waals surface area (Å²) in [4.78, 5) is 47.4. The van der Waals surface area contributed by atoms with E-state index < -0.39 is 42.0 Å². The van der Waals surface area contributed by atoms with Gasteiger partial charge in [-0.2, -0.15) is 12.6 Å². The highest BCUT2D eigenvalue weighted by atomic mass is 32.1. The lowest BCUT2D eigenvalue weighted by Crippen LogP contribution is -2.60. The van der Waals surface area contributed by atoms with Crippen LogP contribution in [0.5, 0.6) is 0 Å². The second-order valence-electron chi connectivity index (χ2n) is 6.19. The summed E-state index contributed by atoms with van der Waals surface area (Å²) >= 11 is 4.04. The molecule has 5 atom stereocenters. The number of aliphatic hydroxyl groups is 1. The monoisotopic (exact) mass is 390 g/mol. The Bertz CT molecular complexity index is 538. The van der Waals surface area contributed by atoms with Crippen LogP contribution in [0.1, 0.15) is 26.7 Å². The minimum Gasteiger partial charge on any atom is -0.480 e. The van der Waals surface area contributed by atoms with Crippen molar-refractivity contribution in [1.82, 2.24) is 21.3 Å². The van der Waals surface area contributed by atoms with E-state index >= 15 is 0 Å². The molecule has 1 rings (SSSR count). The van der Waals surface area contributed by atoms with Gasteiger partial charge in [0.25, 0.3) is 0 Å².